The van der Waals surface area contributed by atoms with Crippen LogP contribution in [0.5, 0.6) is 0 Å². The summed E-state index contributed by atoms with van der Waals surface area (Å²) in [5, 5.41) is 0.344. The highest BCUT2D eigenvalue weighted by atomic mass is 35.5. The maximum absolute atomic E-state index is 12.5. The normalized spacial score (nSPS) is 13.5. The van der Waals surface area contributed by atoms with E-state index in [4.69, 9.17) is 16.1 Å². The number of rotatable bonds is 7. The van der Waals surface area contributed by atoms with Crippen molar-refractivity contribution in [3.63, 3.8) is 0 Å². The standard InChI is InChI=1S/C17H18ClO5P/c1-12-14(13-6-4-3-5-7-13)8-9-15(18)17(12)16(19)10-11-23-24(20,21)22-2/h3-9H,10-11H2,1-2H3,(H,20,21). The van der Waals surface area contributed by atoms with Gasteiger partial charge in [-0.1, -0.05) is 48.0 Å². The van der Waals surface area contributed by atoms with E-state index in [1.165, 1.54) is 0 Å². The summed E-state index contributed by atoms with van der Waals surface area (Å²) in [7, 11) is -3.03. The van der Waals surface area contributed by atoms with Gasteiger partial charge in [-0.25, -0.2) is 4.57 Å². The Labute approximate surface area is 145 Å². The third-order valence-corrected chi connectivity index (χ3v) is 4.88. The Morgan fingerprint density at radius 1 is 1.21 bits per heavy atom. The molecule has 0 saturated carbocycles. The molecule has 0 aliphatic heterocycles. The van der Waals surface area contributed by atoms with Crippen molar-refractivity contribution in [2.75, 3.05) is 13.7 Å². The fourth-order valence-corrected chi connectivity index (χ4v) is 3.12. The minimum atomic E-state index is -4.09. The SMILES string of the molecule is COP(=O)(O)OCCC(=O)c1c(Cl)ccc(-c2ccccc2)c1C. The van der Waals surface area contributed by atoms with Gasteiger partial charge in [0.15, 0.2) is 5.78 Å². The summed E-state index contributed by atoms with van der Waals surface area (Å²) in [4.78, 5) is 21.6. The molecule has 0 saturated heterocycles. The van der Waals surface area contributed by atoms with Gasteiger partial charge in [-0.3, -0.25) is 13.8 Å². The molecule has 128 valence electrons. The van der Waals surface area contributed by atoms with Gasteiger partial charge in [-0.15, -0.1) is 0 Å². The summed E-state index contributed by atoms with van der Waals surface area (Å²) in [5.74, 6) is -0.258. The maximum Gasteiger partial charge on any atom is 0.471 e. The van der Waals surface area contributed by atoms with Crippen molar-refractivity contribution < 1.29 is 23.3 Å². The Bertz CT molecular complexity index is 776. The van der Waals surface area contributed by atoms with E-state index < -0.39 is 7.82 Å². The first-order valence-corrected chi connectivity index (χ1v) is 9.14. The van der Waals surface area contributed by atoms with Crippen molar-refractivity contribution in [2.45, 2.75) is 13.3 Å². The number of Topliss-reactive ketones (excluding diaryl/α,β-unsaturated/α-hetero) is 1. The molecule has 2 aromatic rings. The Morgan fingerprint density at radius 2 is 1.88 bits per heavy atom. The minimum Gasteiger partial charge on any atom is -0.303 e. The van der Waals surface area contributed by atoms with Crippen molar-refractivity contribution in [3.05, 3.63) is 58.6 Å². The highest BCUT2D eigenvalue weighted by molar-refractivity contribution is 7.47. The van der Waals surface area contributed by atoms with Crippen LogP contribution < -0.4 is 0 Å². The minimum absolute atomic E-state index is 0.0767. The molecule has 5 nitrogen and oxygen atoms in total. The lowest BCUT2D eigenvalue weighted by Crippen LogP contribution is -2.08. The van der Waals surface area contributed by atoms with Gasteiger partial charge in [0, 0.05) is 19.1 Å². The van der Waals surface area contributed by atoms with Crippen LogP contribution in [0.15, 0.2) is 42.5 Å². The first-order valence-electron chi connectivity index (χ1n) is 7.26. The highest BCUT2D eigenvalue weighted by Crippen LogP contribution is 2.42. The third kappa shape index (κ3) is 4.53. The summed E-state index contributed by atoms with van der Waals surface area (Å²) >= 11 is 6.19. The third-order valence-electron chi connectivity index (χ3n) is 3.59. The number of phosphoric acid groups is 1. The van der Waals surface area contributed by atoms with E-state index >= 15 is 0 Å². The molecular formula is C17H18ClO5P. The molecule has 0 spiro atoms. The summed E-state index contributed by atoms with van der Waals surface area (Å²) < 4.78 is 20.2. The second-order valence-corrected chi connectivity index (χ2v) is 7.09. The average molecular weight is 369 g/mol. The van der Waals surface area contributed by atoms with Crippen molar-refractivity contribution in [3.8, 4) is 11.1 Å². The highest BCUT2D eigenvalue weighted by Gasteiger charge is 2.21. The lowest BCUT2D eigenvalue weighted by atomic mass is 9.94. The van der Waals surface area contributed by atoms with Crippen molar-refractivity contribution in [1.82, 2.24) is 0 Å². The van der Waals surface area contributed by atoms with Gasteiger partial charge in [0.2, 0.25) is 0 Å². The van der Waals surface area contributed by atoms with E-state index in [2.05, 4.69) is 4.52 Å². The molecule has 1 N–H and O–H groups in total. The second-order valence-electron chi connectivity index (χ2n) is 5.12. The number of ketones is 1. The van der Waals surface area contributed by atoms with Crippen molar-refractivity contribution >= 4 is 25.2 Å². The van der Waals surface area contributed by atoms with Crippen LogP contribution in [0.25, 0.3) is 11.1 Å². The molecule has 24 heavy (non-hydrogen) atoms. The van der Waals surface area contributed by atoms with E-state index in [9.17, 15) is 14.3 Å². The van der Waals surface area contributed by atoms with Crippen LogP contribution in [-0.4, -0.2) is 24.4 Å². The number of carbonyl (C=O) groups excluding carboxylic acids is 1. The quantitative estimate of drug-likeness (QED) is 0.568. The molecule has 0 radical (unpaired) electrons. The van der Waals surface area contributed by atoms with Gasteiger partial charge >= 0.3 is 7.82 Å². The maximum atomic E-state index is 12.5. The Morgan fingerprint density at radius 3 is 2.50 bits per heavy atom. The molecule has 7 heteroatoms. The molecule has 1 unspecified atom stereocenters. The predicted octanol–water partition coefficient (Wildman–Crippen LogP) is 4.65. The molecule has 1 atom stereocenters. The first kappa shape index (κ1) is 18.8. The van der Waals surface area contributed by atoms with Crippen molar-refractivity contribution in [2.24, 2.45) is 0 Å². The molecule has 0 aromatic heterocycles. The van der Waals surface area contributed by atoms with Crippen LogP contribution in [0.1, 0.15) is 22.3 Å². The zero-order valence-corrected chi connectivity index (χ0v) is 15.0. The fourth-order valence-electron chi connectivity index (χ4n) is 2.38. The second kappa shape index (κ2) is 8.06. The molecule has 0 bridgehead atoms. The zero-order valence-electron chi connectivity index (χ0n) is 13.4. The molecule has 0 fully saturated rings. The van der Waals surface area contributed by atoms with E-state index in [1.807, 2.05) is 43.3 Å². The topological polar surface area (TPSA) is 72.8 Å². The van der Waals surface area contributed by atoms with Crippen molar-refractivity contribution in [1.29, 1.82) is 0 Å². The predicted molar refractivity (Wildman–Crippen MR) is 93.4 cm³/mol. The number of carbonyl (C=O) groups is 1. The number of benzene rings is 2. The van der Waals surface area contributed by atoms with Crippen LogP contribution in [0, 0.1) is 6.92 Å². The van der Waals surface area contributed by atoms with Gasteiger partial charge in [0.05, 0.1) is 11.6 Å². The average Bonchev–Trinajstić information content (AvgIpc) is 2.55. The summed E-state index contributed by atoms with van der Waals surface area (Å²) in [6, 6.07) is 13.2. The number of phosphoric ester groups is 1. The van der Waals surface area contributed by atoms with Gasteiger partial charge in [-0.2, -0.15) is 0 Å². The number of hydrogen-bond acceptors (Lipinski definition) is 4. The van der Waals surface area contributed by atoms with Gasteiger partial charge < -0.3 is 4.89 Å². The summed E-state index contributed by atoms with van der Waals surface area (Å²) in [5.41, 5.74) is 3.05. The molecule has 2 rings (SSSR count). The Hall–Kier alpha value is -1.49. The van der Waals surface area contributed by atoms with Crippen LogP contribution >= 0.6 is 19.4 Å². The number of halogens is 1. The number of hydrogen-bond donors (Lipinski definition) is 1. The first-order chi connectivity index (χ1) is 11.4. The Balaban J connectivity index is 2.24. The zero-order chi connectivity index (χ0) is 17.7. The van der Waals surface area contributed by atoms with Crippen LogP contribution in [0.3, 0.4) is 0 Å². The van der Waals surface area contributed by atoms with Crippen LogP contribution in [0.4, 0.5) is 0 Å². The molecule has 0 aliphatic carbocycles. The molecule has 0 aliphatic rings. The Kier molecular flexibility index (Phi) is 6.33. The fraction of sp³-hybridized carbons (Fsp3) is 0.235. The lowest BCUT2D eigenvalue weighted by molar-refractivity contribution is 0.0947. The summed E-state index contributed by atoms with van der Waals surface area (Å²) in [6.07, 6.45) is -0.0767. The summed E-state index contributed by atoms with van der Waals surface area (Å²) in [6.45, 7) is 1.60. The van der Waals surface area contributed by atoms with Gasteiger partial charge in [-0.05, 0) is 29.7 Å². The van der Waals surface area contributed by atoms with Crippen LogP contribution in [-0.2, 0) is 13.6 Å². The molecule has 0 heterocycles. The lowest BCUT2D eigenvalue weighted by Gasteiger charge is -2.13. The van der Waals surface area contributed by atoms with Crippen LogP contribution in [0.2, 0.25) is 5.02 Å². The van der Waals surface area contributed by atoms with E-state index in [0.717, 1.165) is 23.8 Å². The van der Waals surface area contributed by atoms with E-state index in [1.54, 1.807) is 6.07 Å². The van der Waals surface area contributed by atoms with Gasteiger partial charge in [0.25, 0.3) is 0 Å². The molecule has 0 amide bonds. The van der Waals surface area contributed by atoms with E-state index in [0.29, 0.717) is 10.6 Å². The largest absolute Gasteiger partial charge is 0.471 e. The molecular weight excluding hydrogens is 351 g/mol. The monoisotopic (exact) mass is 368 g/mol. The van der Waals surface area contributed by atoms with E-state index in [-0.39, 0.29) is 18.8 Å². The van der Waals surface area contributed by atoms with Gasteiger partial charge in [0.1, 0.15) is 0 Å². The molecule has 2 aromatic carbocycles. The smallest absolute Gasteiger partial charge is 0.303 e.